The molecule has 1 aromatic rings. The van der Waals surface area contributed by atoms with Gasteiger partial charge in [0.2, 0.25) is 5.91 Å². The maximum atomic E-state index is 12.7. The van der Waals surface area contributed by atoms with Crippen LogP contribution in [0.4, 0.5) is 13.2 Å². The number of amides is 1. The lowest BCUT2D eigenvalue weighted by atomic mass is 9.67. The van der Waals surface area contributed by atoms with Gasteiger partial charge in [-0.15, -0.1) is 24.8 Å². The third-order valence-corrected chi connectivity index (χ3v) is 5.05. The van der Waals surface area contributed by atoms with E-state index in [9.17, 15) is 18.0 Å². The molecular formula is C15H23Cl2F3N4O. The maximum Gasteiger partial charge on any atom is 0.406 e. The number of alkyl halides is 3. The molecule has 3 rings (SSSR count). The zero-order valence-electron chi connectivity index (χ0n) is 13.6. The monoisotopic (exact) mass is 402 g/mol. The number of nitrogens with one attached hydrogen (secondary N) is 2. The average Bonchev–Trinajstić information content (AvgIpc) is 3.10. The molecule has 0 bridgehead atoms. The van der Waals surface area contributed by atoms with Gasteiger partial charge in [0.05, 0.1) is 12.0 Å². The molecule has 2 fully saturated rings. The summed E-state index contributed by atoms with van der Waals surface area (Å²) in [7, 11) is 0. The van der Waals surface area contributed by atoms with Crippen molar-refractivity contribution in [1.29, 1.82) is 0 Å². The van der Waals surface area contributed by atoms with Crippen molar-refractivity contribution in [2.75, 3.05) is 13.1 Å². The molecule has 2 aliphatic rings. The van der Waals surface area contributed by atoms with E-state index in [0.717, 1.165) is 36.8 Å². The molecule has 1 aliphatic heterocycles. The molecule has 10 heteroatoms. The first-order valence-corrected chi connectivity index (χ1v) is 7.96. The number of hydrogen-bond acceptors (Lipinski definition) is 3. The summed E-state index contributed by atoms with van der Waals surface area (Å²) in [5.41, 5.74) is -0.403. The molecule has 0 radical (unpaired) electrons. The third-order valence-electron chi connectivity index (χ3n) is 5.05. The summed E-state index contributed by atoms with van der Waals surface area (Å²) in [5, 5.41) is 6.10. The lowest BCUT2D eigenvalue weighted by Gasteiger charge is -2.37. The van der Waals surface area contributed by atoms with E-state index in [4.69, 9.17) is 0 Å². The van der Waals surface area contributed by atoms with Crippen LogP contribution in [0.3, 0.4) is 0 Å². The fraction of sp³-hybridized carbons (Fsp3) is 0.733. The summed E-state index contributed by atoms with van der Waals surface area (Å²) >= 11 is 0. The average molecular weight is 403 g/mol. The van der Waals surface area contributed by atoms with Crippen LogP contribution in [0.2, 0.25) is 0 Å². The molecule has 1 aliphatic carbocycles. The first-order chi connectivity index (χ1) is 10.9. The summed E-state index contributed by atoms with van der Waals surface area (Å²) in [6.07, 6.45) is 2.34. The largest absolute Gasteiger partial charge is 0.406 e. The highest BCUT2D eigenvalue weighted by atomic mass is 35.5. The van der Waals surface area contributed by atoms with Gasteiger partial charge in [0.25, 0.3) is 0 Å². The summed E-state index contributed by atoms with van der Waals surface area (Å²) in [6, 6.07) is 0. The van der Waals surface area contributed by atoms with Crippen molar-refractivity contribution < 1.29 is 18.0 Å². The van der Waals surface area contributed by atoms with Gasteiger partial charge in [-0.3, -0.25) is 4.79 Å². The predicted molar refractivity (Wildman–Crippen MR) is 91.9 cm³/mol. The molecule has 2 atom stereocenters. The number of aromatic nitrogens is 2. The summed E-state index contributed by atoms with van der Waals surface area (Å²) < 4.78 is 38.6. The number of fused-ring (bicyclic) bond motifs is 1. The van der Waals surface area contributed by atoms with Crippen molar-refractivity contribution in [1.82, 2.24) is 20.2 Å². The maximum absolute atomic E-state index is 12.7. The van der Waals surface area contributed by atoms with Crippen LogP contribution >= 0.6 is 24.8 Å². The Kier molecular flexibility index (Phi) is 7.58. The fourth-order valence-electron chi connectivity index (χ4n) is 3.87. The standard InChI is InChI=1S/C15H21F3N4O.2ClH/c16-15(17,18)10-22-6-5-20-12(22)8-21-13(23)14-4-2-1-3-11(14)7-19-9-14;;/h5-6,11,19H,1-4,7-10H2,(H,21,23);2*1H/t11-,14+;;/m0../s1. The van der Waals surface area contributed by atoms with Crippen molar-refractivity contribution >= 4 is 30.7 Å². The Morgan fingerprint density at radius 1 is 1.40 bits per heavy atom. The van der Waals surface area contributed by atoms with Crippen molar-refractivity contribution in [2.24, 2.45) is 11.3 Å². The van der Waals surface area contributed by atoms with Crippen LogP contribution < -0.4 is 10.6 Å². The van der Waals surface area contributed by atoms with Gasteiger partial charge in [0.15, 0.2) is 0 Å². The third kappa shape index (κ3) is 4.80. The van der Waals surface area contributed by atoms with E-state index in [2.05, 4.69) is 15.6 Å². The molecule has 1 aromatic heterocycles. The second-order valence-corrected chi connectivity index (χ2v) is 6.50. The normalized spacial score (nSPS) is 25.5. The Hall–Kier alpha value is -0.990. The zero-order chi connectivity index (χ0) is 16.5. The summed E-state index contributed by atoms with van der Waals surface area (Å²) in [4.78, 5) is 16.6. The summed E-state index contributed by atoms with van der Waals surface area (Å²) in [6.45, 7) is 0.431. The van der Waals surface area contributed by atoms with Gasteiger partial charge in [-0.2, -0.15) is 13.2 Å². The minimum absolute atomic E-state index is 0. The van der Waals surface area contributed by atoms with Gasteiger partial charge >= 0.3 is 6.18 Å². The molecule has 2 N–H and O–H groups in total. The SMILES string of the molecule is Cl.Cl.O=C(NCc1nccn1CC(F)(F)F)[C@@]12CCCC[C@H]1CNC2. The molecule has 1 amide bonds. The van der Waals surface area contributed by atoms with Crippen molar-refractivity contribution in [3.63, 3.8) is 0 Å². The predicted octanol–water partition coefficient (Wildman–Crippen LogP) is 2.69. The first-order valence-electron chi connectivity index (χ1n) is 7.96. The second kappa shape index (κ2) is 8.60. The Labute approximate surface area is 157 Å². The van der Waals surface area contributed by atoms with Crippen LogP contribution in [0, 0.1) is 11.3 Å². The second-order valence-electron chi connectivity index (χ2n) is 6.50. The van der Waals surface area contributed by atoms with E-state index in [1.807, 2.05) is 0 Å². The van der Waals surface area contributed by atoms with Crippen LogP contribution in [0.5, 0.6) is 0 Å². The van der Waals surface area contributed by atoms with Gasteiger partial charge < -0.3 is 15.2 Å². The van der Waals surface area contributed by atoms with Gasteiger partial charge in [0.1, 0.15) is 12.4 Å². The number of carbonyl (C=O) groups excluding carboxylic acids is 1. The molecule has 0 unspecified atom stereocenters. The lowest BCUT2D eigenvalue weighted by molar-refractivity contribution is -0.141. The number of hydrogen-bond donors (Lipinski definition) is 2. The Bertz CT molecular complexity index is 581. The lowest BCUT2D eigenvalue weighted by Crippen LogP contribution is -2.47. The van der Waals surface area contributed by atoms with Gasteiger partial charge in [-0.25, -0.2) is 4.98 Å². The zero-order valence-corrected chi connectivity index (χ0v) is 15.3. The van der Waals surface area contributed by atoms with E-state index < -0.39 is 18.1 Å². The number of nitrogens with zero attached hydrogens (tertiary/aromatic N) is 2. The quantitative estimate of drug-likeness (QED) is 0.813. The minimum Gasteiger partial charge on any atom is -0.348 e. The molecule has 0 spiro atoms. The minimum atomic E-state index is -4.30. The van der Waals surface area contributed by atoms with Crippen LogP contribution in [0.15, 0.2) is 12.4 Å². The number of rotatable bonds is 4. The Morgan fingerprint density at radius 2 is 2.16 bits per heavy atom. The van der Waals surface area contributed by atoms with E-state index in [0.29, 0.717) is 12.5 Å². The molecule has 25 heavy (non-hydrogen) atoms. The van der Waals surface area contributed by atoms with E-state index in [-0.39, 0.29) is 43.1 Å². The molecule has 1 saturated carbocycles. The highest BCUT2D eigenvalue weighted by Crippen LogP contribution is 2.43. The number of imidazole rings is 1. The molecule has 0 aromatic carbocycles. The molecule has 144 valence electrons. The van der Waals surface area contributed by atoms with Crippen LogP contribution in [0.25, 0.3) is 0 Å². The first kappa shape index (κ1) is 22.1. The van der Waals surface area contributed by atoms with Gasteiger partial charge in [0, 0.05) is 18.9 Å². The van der Waals surface area contributed by atoms with Crippen molar-refractivity contribution in [3.8, 4) is 0 Å². The highest BCUT2D eigenvalue weighted by Gasteiger charge is 2.49. The molecular weight excluding hydrogens is 380 g/mol. The Morgan fingerprint density at radius 3 is 2.88 bits per heavy atom. The van der Waals surface area contributed by atoms with E-state index in [1.165, 1.54) is 12.4 Å². The molecule has 2 heterocycles. The van der Waals surface area contributed by atoms with E-state index >= 15 is 0 Å². The van der Waals surface area contributed by atoms with Crippen LogP contribution in [-0.4, -0.2) is 34.7 Å². The van der Waals surface area contributed by atoms with E-state index in [1.54, 1.807) is 0 Å². The molecule has 1 saturated heterocycles. The molecule has 5 nitrogen and oxygen atoms in total. The summed E-state index contributed by atoms with van der Waals surface area (Å²) in [5.74, 6) is 0.491. The van der Waals surface area contributed by atoms with Crippen LogP contribution in [-0.2, 0) is 17.9 Å². The number of carbonyl (C=O) groups is 1. The van der Waals surface area contributed by atoms with Crippen molar-refractivity contribution in [2.45, 2.75) is 44.9 Å². The Balaban J connectivity index is 0.00000156. The van der Waals surface area contributed by atoms with Gasteiger partial charge in [-0.1, -0.05) is 12.8 Å². The number of halogens is 5. The topological polar surface area (TPSA) is 59.0 Å². The smallest absolute Gasteiger partial charge is 0.348 e. The fourth-order valence-corrected chi connectivity index (χ4v) is 3.87. The van der Waals surface area contributed by atoms with Crippen molar-refractivity contribution in [3.05, 3.63) is 18.2 Å². The van der Waals surface area contributed by atoms with Gasteiger partial charge in [-0.05, 0) is 25.3 Å². The van der Waals surface area contributed by atoms with Crippen LogP contribution in [0.1, 0.15) is 31.5 Å². The highest BCUT2D eigenvalue weighted by molar-refractivity contribution is 5.85.